The molecule has 0 radical (unpaired) electrons. The first-order chi connectivity index (χ1) is 10.8. The van der Waals surface area contributed by atoms with Gasteiger partial charge >= 0.3 is 12.3 Å². The highest BCUT2D eigenvalue weighted by atomic mass is 19.4. The monoisotopic (exact) mass is 346 g/mol. The van der Waals surface area contributed by atoms with Gasteiger partial charge in [0, 0.05) is 37.0 Å². The standard InChI is InChI=1S/C16H21F3N2O3/c1-14(2,3)12-7-15(24,4-5-21(12)13(22)23)10-6-11(9-20-8-10)16(17,18)19/h6,8-9,12,24H,4-5,7H2,1-3H3,(H,22,23). The van der Waals surface area contributed by atoms with Crippen molar-refractivity contribution < 1.29 is 28.2 Å². The zero-order valence-corrected chi connectivity index (χ0v) is 13.8. The maximum absolute atomic E-state index is 12.9. The van der Waals surface area contributed by atoms with Gasteiger partial charge in [-0.15, -0.1) is 0 Å². The molecule has 0 bridgehead atoms. The Morgan fingerprint density at radius 3 is 2.46 bits per heavy atom. The lowest BCUT2D eigenvalue weighted by atomic mass is 9.73. The van der Waals surface area contributed by atoms with E-state index >= 15 is 0 Å². The highest BCUT2D eigenvalue weighted by Gasteiger charge is 2.46. The van der Waals surface area contributed by atoms with E-state index in [-0.39, 0.29) is 24.9 Å². The molecule has 0 saturated carbocycles. The molecule has 0 spiro atoms. The molecule has 1 aromatic rings. The van der Waals surface area contributed by atoms with Crippen LogP contribution in [0.2, 0.25) is 0 Å². The number of nitrogens with zero attached hydrogens (tertiary/aromatic N) is 2. The van der Waals surface area contributed by atoms with Crippen LogP contribution in [0.1, 0.15) is 44.7 Å². The number of hydrogen-bond acceptors (Lipinski definition) is 3. The maximum atomic E-state index is 12.9. The topological polar surface area (TPSA) is 73.7 Å². The van der Waals surface area contributed by atoms with Crippen LogP contribution in [-0.4, -0.2) is 38.8 Å². The smallest absolute Gasteiger partial charge is 0.417 e. The van der Waals surface area contributed by atoms with E-state index in [0.717, 1.165) is 6.07 Å². The highest BCUT2D eigenvalue weighted by Crippen LogP contribution is 2.42. The lowest BCUT2D eigenvalue weighted by Gasteiger charge is -2.48. The van der Waals surface area contributed by atoms with Gasteiger partial charge in [-0.1, -0.05) is 20.8 Å². The SMILES string of the molecule is CC(C)(C)C1CC(O)(c2cncc(C(F)(F)F)c2)CCN1C(=O)O. The summed E-state index contributed by atoms with van der Waals surface area (Å²) in [6.07, 6.45) is -3.68. The number of pyridine rings is 1. The van der Waals surface area contributed by atoms with E-state index in [0.29, 0.717) is 6.20 Å². The Morgan fingerprint density at radius 1 is 1.33 bits per heavy atom. The van der Waals surface area contributed by atoms with Crippen LogP contribution in [0.3, 0.4) is 0 Å². The molecule has 2 unspecified atom stereocenters. The van der Waals surface area contributed by atoms with Crippen LogP contribution < -0.4 is 0 Å². The van der Waals surface area contributed by atoms with Crippen molar-refractivity contribution in [1.82, 2.24) is 9.88 Å². The molecule has 1 aromatic heterocycles. The molecule has 5 nitrogen and oxygen atoms in total. The number of rotatable bonds is 1. The quantitative estimate of drug-likeness (QED) is 0.816. The van der Waals surface area contributed by atoms with Crippen molar-refractivity contribution in [3.8, 4) is 0 Å². The molecule has 0 aromatic carbocycles. The number of amides is 1. The molecular formula is C16H21F3N2O3. The molecule has 24 heavy (non-hydrogen) atoms. The number of likely N-dealkylation sites (tertiary alicyclic amines) is 1. The zero-order valence-electron chi connectivity index (χ0n) is 13.8. The Balaban J connectivity index is 2.39. The summed E-state index contributed by atoms with van der Waals surface area (Å²) < 4.78 is 38.7. The molecule has 1 saturated heterocycles. The van der Waals surface area contributed by atoms with Crippen LogP contribution in [0.25, 0.3) is 0 Å². The van der Waals surface area contributed by atoms with Crippen molar-refractivity contribution in [3.63, 3.8) is 0 Å². The van der Waals surface area contributed by atoms with E-state index in [1.165, 1.54) is 11.1 Å². The maximum Gasteiger partial charge on any atom is 0.417 e. The normalized spacial score (nSPS) is 25.6. The molecule has 2 rings (SSSR count). The number of alkyl halides is 3. The fourth-order valence-electron chi connectivity index (χ4n) is 3.11. The molecule has 1 fully saturated rings. The van der Waals surface area contributed by atoms with E-state index in [1.54, 1.807) is 0 Å². The average molecular weight is 346 g/mol. The lowest BCUT2D eigenvalue weighted by Crippen LogP contribution is -2.55. The molecule has 8 heteroatoms. The molecule has 2 heterocycles. The number of piperidine rings is 1. The van der Waals surface area contributed by atoms with Crippen LogP contribution in [0.15, 0.2) is 18.5 Å². The Hall–Kier alpha value is -1.83. The Morgan fingerprint density at radius 2 is 1.96 bits per heavy atom. The van der Waals surface area contributed by atoms with Gasteiger partial charge in [-0.2, -0.15) is 13.2 Å². The van der Waals surface area contributed by atoms with Crippen LogP contribution in [-0.2, 0) is 11.8 Å². The molecule has 2 atom stereocenters. The summed E-state index contributed by atoms with van der Waals surface area (Å²) in [6, 6.07) is 0.367. The first-order valence-electron chi connectivity index (χ1n) is 7.59. The predicted molar refractivity (Wildman–Crippen MR) is 80.3 cm³/mol. The van der Waals surface area contributed by atoms with Crippen molar-refractivity contribution in [2.24, 2.45) is 5.41 Å². The summed E-state index contributed by atoms with van der Waals surface area (Å²) in [5.74, 6) is 0. The van der Waals surface area contributed by atoms with Crippen molar-refractivity contribution in [2.75, 3.05) is 6.54 Å². The molecule has 1 aliphatic rings. The zero-order chi connectivity index (χ0) is 18.3. The molecule has 2 N–H and O–H groups in total. The third-order valence-electron chi connectivity index (χ3n) is 4.52. The van der Waals surface area contributed by atoms with E-state index in [1.807, 2.05) is 20.8 Å². The number of aliphatic hydroxyl groups is 1. The molecule has 1 aliphatic heterocycles. The summed E-state index contributed by atoms with van der Waals surface area (Å²) >= 11 is 0. The first kappa shape index (κ1) is 18.5. The van der Waals surface area contributed by atoms with Gasteiger partial charge in [-0.25, -0.2) is 4.79 Å². The number of halogens is 3. The minimum absolute atomic E-state index is 0.0196. The number of hydrogen-bond donors (Lipinski definition) is 2. The molecule has 134 valence electrons. The fraction of sp³-hybridized carbons (Fsp3) is 0.625. The van der Waals surface area contributed by atoms with Gasteiger partial charge in [0.1, 0.15) is 0 Å². The second kappa shape index (κ2) is 5.91. The van der Waals surface area contributed by atoms with E-state index in [9.17, 15) is 28.2 Å². The first-order valence-corrected chi connectivity index (χ1v) is 7.59. The largest absolute Gasteiger partial charge is 0.465 e. The molecule has 0 aliphatic carbocycles. The summed E-state index contributed by atoms with van der Waals surface area (Å²) in [6.45, 7) is 5.56. The second-order valence-corrected chi connectivity index (χ2v) is 7.30. The highest BCUT2D eigenvalue weighted by molar-refractivity contribution is 5.65. The van der Waals surface area contributed by atoms with Gasteiger partial charge in [0.25, 0.3) is 0 Å². The van der Waals surface area contributed by atoms with Gasteiger partial charge in [-0.3, -0.25) is 4.98 Å². The summed E-state index contributed by atoms with van der Waals surface area (Å²) in [4.78, 5) is 16.3. The Bertz CT molecular complexity index is 628. The minimum Gasteiger partial charge on any atom is -0.465 e. The van der Waals surface area contributed by atoms with E-state index in [4.69, 9.17) is 0 Å². The van der Waals surface area contributed by atoms with Gasteiger partial charge in [-0.05, 0) is 17.9 Å². The van der Waals surface area contributed by atoms with Crippen molar-refractivity contribution in [1.29, 1.82) is 0 Å². The Labute approximate surface area is 138 Å². The fourth-order valence-corrected chi connectivity index (χ4v) is 3.11. The number of aromatic nitrogens is 1. The average Bonchev–Trinajstić information content (AvgIpc) is 2.45. The summed E-state index contributed by atoms with van der Waals surface area (Å²) in [5, 5.41) is 20.3. The number of carboxylic acid groups (broad SMARTS) is 1. The summed E-state index contributed by atoms with van der Waals surface area (Å²) in [5.41, 5.74) is -2.88. The van der Waals surface area contributed by atoms with Crippen LogP contribution in [0.4, 0.5) is 18.0 Å². The van der Waals surface area contributed by atoms with Gasteiger partial charge in [0.05, 0.1) is 11.2 Å². The van der Waals surface area contributed by atoms with E-state index in [2.05, 4.69) is 4.98 Å². The minimum atomic E-state index is -4.55. The molecular weight excluding hydrogens is 325 g/mol. The van der Waals surface area contributed by atoms with Gasteiger partial charge < -0.3 is 15.1 Å². The third kappa shape index (κ3) is 3.63. The third-order valence-corrected chi connectivity index (χ3v) is 4.52. The van der Waals surface area contributed by atoms with Gasteiger partial charge in [0.15, 0.2) is 0 Å². The van der Waals surface area contributed by atoms with Crippen LogP contribution >= 0.6 is 0 Å². The van der Waals surface area contributed by atoms with Crippen LogP contribution in [0.5, 0.6) is 0 Å². The van der Waals surface area contributed by atoms with Crippen molar-refractivity contribution in [3.05, 3.63) is 29.6 Å². The van der Waals surface area contributed by atoms with E-state index < -0.39 is 34.9 Å². The number of carbonyl (C=O) groups is 1. The van der Waals surface area contributed by atoms with Crippen molar-refractivity contribution >= 4 is 6.09 Å². The van der Waals surface area contributed by atoms with Crippen LogP contribution in [0, 0.1) is 5.41 Å². The van der Waals surface area contributed by atoms with Gasteiger partial charge in [0.2, 0.25) is 0 Å². The second-order valence-electron chi connectivity index (χ2n) is 7.30. The summed E-state index contributed by atoms with van der Waals surface area (Å²) in [7, 11) is 0. The van der Waals surface area contributed by atoms with Crippen molar-refractivity contribution in [2.45, 2.75) is 51.4 Å². The molecule has 1 amide bonds. The Kier molecular flexibility index (Phi) is 4.56. The lowest BCUT2D eigenvalue weighted by molar-refractivity contribution is -0.138. The predicted octanol–water partition coefficient (Wildman–Crippen LogP) is 3.48.